The lowest BCUT2D eigenvalue weighted by atomic mass is 10.0. The summed E-state index contributed by atoms with van der Waals surface area (Å²) >= 11 is 12.2. The van der Waals surface area contributed by atoms with Gasteiger partial charge in [-0.15, -0.1) is 0 Å². The van der Waals surface area contributed by atoms with Gasteiger partial charge in [0.25, 0.3) is 0 Å². The van der Waals surface area contributed by atoms with Gasteiger partial charge in [0.05, 0.1) is 41.0 Å². The number of nitrogens with zero attached hydrogens (tertiary/aromatic N) is 3. The van der Waals surface area contributed by atoms with Crippen molar-refractivity contribution < 1.29 is 14.6 Å². The molecule has 0 saturated heterocycles. The third-order valence-electron chi connectivity index (χ3n) is 5.31. The second-order valence-corrected chi connectivity index (χ2v) is 8.42. The number of fused-ring (bicyclic) bond motifs is 1. The Bertz CT molecular complexity index is 930. The predicted octanol–water partition coefficient (Wildman–Crippen LogP) is 3.42. The number of hydrogen-bond acceptors (Lipinski definition) is 6. The maximum atomic E-state index is 13.1. The fraction of sp³-hybridized carbons (Fsp3) is 0.476. The van der Waals surface area contributed by atoms with E-state index in [0.717, 1.165) is 16.8 Å². The first-order valence-corrected chi connectivity index (χ1v) is 10.8. The minimum Gasteiger partial charge on any atom is -0.394 e. The summed E-state index contributed by atoms with van der Waals surface area (Å²) in [5.41, 5.74) is 2.61. The van der Waals surface area contributed by atoms with Crippen LogP contribution in [0.2, 0.25) is 10.0 Å². The van der Waals surface area contributed by atoms with Crippen molar-refractivity contribution in [2.45, 2.75) is 45.0 Å². The first kappa shape index (κ1) is 23.5. The number of nitrogens with one attached hydrogen (secondary N) is 2. The van der Waals surface area contributed by atoms with Crippen LogP contribution in [-0.2, 0) is 17.7 Å². The Hall–Kier alpha value is -2.13. The van der Waals surface area contributed by atoms with Gasteiger partial charge in [0.2, 0.25) is 5.95 Å². The monoisotopic (exact) mass is 467 g/mol. The van der Waals surface area contributed by atoms with E-state index in [2.05, 4.69) is 20.6 Å². The number of halogens is 2. The largest absolute Gasteiger partial charge is 0.394 e. The van der Waals surface area contributed by atoms with Gasteiger partial charge in [0, 0.05) is 25.9 Å². The molecule has 31 heavy (non-hydrogen) atoms. The second kappa shape index (κ2) is 10.5. The first-order valence-electron chi connectivity index (χ1n) is 10.1. The number of ether oxygens (including phenoxy) is 1. The molecule has 2 aromatic rings. The molecule has 1 aliphatic rings. The van der Waals surface area contributed by atoms with Crippen LogP contribution >= 0.6 is 23.2 Å². The Morgan fingerprint density at radius 1 is 1.32 bits per heavy atom. The van der Waals surface area contributed by atoms with E-state index < -0.39 is 6.04 Å². The van der Waals surface area contributed by atoms with Crippen molar-refractivity contribution in [1.29, 1.82) is 0 Å². The average molecular weight is 468 g/mol. The van der Waals surface area contributed by atoms with Crippen LogP contribution in [0.4, 0.5) is 10.7 Å². The van der Waals surface area contributed by atoms with Crippen molar-refractivity contribution in [2.24, 2.45) is 0 Å². The van der Waals surface area contributed by atoms with Crippen LogP contribution in [0.5, 0.6) is 0 Å². The maximum absolute atomic E-state index is 13.1. The molecule has 0 spiro atoms. The highest BCUT2D eigenvalue weighted by molar-refractivity contribution is 6.42. The van der Waals surface area contributed by atoms with Crippen LogP contribution in [0.1, 0.15) is 36.7 Å². The summed E-state index contributed by atoms with van der Waals surface area (Å²) in [5, 5.41) is 16.2. The molecule has 1 aromatic carbocycles. The van der Waals surface area contributed by atoms with Gasteiger partial charge in [-0.1, -0.05) is 29.3 Å². The fourth-order valence-electron chi connectivity index (χ4n) is 3.35. The molecule has 168 valence electrons. The predicted molar refractivity (Wildman–Crippen MR) is 121 cm³/mol. The number of aliphatic hydroxyl groups excluding tert-OH is 1. The van der Waals surface area contributed by atoms with Crippen molar-refractivity contribution >= 4 is 35.2 Å². The minimum absolute atomic E-state index is 0.0250. The lowest BCUT2D eigenvalue weighted by Crippen LogP contribution is -2.46. The summed E-state index contributed by atoms with van der Waals surface area (Å²) in [6, 6.07) is 4.49. The summed E-state index contributed by atoms with van der Waals surface area (Å²) < 4.78 is 5.49. The van der Waals surface area contributed by atoms with Gasteiger partial charge in [-0.2, -0.15) is 0 Å². The second-order valence-electron chi connectivity index (χ2n) is 7.61. The fourth-order valence-corrected chi connectivity index (χ4v) is 3.66. The number of anilines is 1. The Labute approximate surface area is 191 Å². The molecule has 2 amide bonds. The standard InChI is InChI=1S/C21H27Cl2N5O3/c1-12(11-29)25-20-24-9-15-6-7-28(10-18(15)26-20)21(30)27-19(13(2)31-3)14-4-5-16(22)17(23)8-14/h4-5,8-9,12-13,19,29H,6-7,10-11H2,1-3H3,(H,27,30)(H,24,25,26)/t12-,13+,19-/m0/s1. The smallest absolute Gasteiger partial charge is 0.318 e. The van der Waals surface area contributed by atoms with Gasteiger partial charge in [0.15, 0.2) is 0 Å². The normalized spacial score (nSPS) is 16.3. The number of methoxy groups -OCH3 is 1. The van der Waals surface area contributed by atoms with E-state index in [9.17, 15) is 9.90 Å². The molecule has 0 saturated carbocycles. The highest BCUT2D eigenvalue weighted by atomic mass is 35.5. The van der Waals surface area contributed by atoms with Crippen LogP contribution < -0.4 is 10.6 Å². The number of aromatic nitrogens is 2. The molecule has 3 atom stereocenters. The van der Waals surface area contributed by atoms with Crippen LogP contribution in [-0.4, -0.2) is 58.4 Å². The van der Waals surface area contributed by atoms with Crippen molar-refractivity contribution in [3.8, 4) is 0 Å². The molecule has 1 aliphatic heterocycles. The van der Waals surface area contributed by atoms with Gasteiger partial charge < -0.3 is 25.4 Å². The highest BCUT2D eigenvalue weighted by Gasteiger charge is 2.27. The van der Waals surface area contributed by atoms with Crippen molar-refractivity contribution in [1.82, 2.24) is 20.2 Å². The van der Waals surface area contributed by atoms with E-state index in [4.69, 9.17) is 27.9 Å². The van der Waals surface area contributed by atoms with Crippen molar-refractivity contribution in [3.05, 3.63) is 51.3 Å². The molecule has 8 nitrogen and oxygen atoms in total. The summed E-state index contributed by atoms with van der Waals surface area (Å²) in [6.45, 7) is 4.61. The summed E-state index contributed by atoms with van der Waals surface area (Å²) in [5.74, 6) is 0.434. The molecule has 0 aliphatic carbocycles. The van der Waals surface area contributed by atoms with Gasteiger partial charge in [0.1, 0.15) is 0 Å². The van der Waals surface area contributed by atoms with Crippen LogP contribution in [0.25, 0.3) is 0 Å². The number of benzene rings is 1. The summed E-state index contributed by atoms with van der Waals surface area (Å²) in [6.07, 6.45) is 2.15. The topological polar surface area (TPSA) is 99.6 Å². The van der Waals surface area contributed by atoms with E-state index in [0.29, 0.717) is 35.5 Å². The number of carbonyl (C=O) groups is 1. The molecule has 0 unspecified atom stereocenters. The number of rotatable bonds is 7. The van der Waals surface area contributed by atoms with E-state index in [1.54, 1.807) is 30.3 Å². The Balaban J connectivity index is 1.74. The SMILES string of the molecule is CO[C@H](C)[C@H](NC(=O)N1CCc2cnc(N[C@@H](C)CO)nc2C1)c1ccc(Cl)c(Cl)c1. The Morgan fingerprint density at radius 2 is 2.10 bits per heavy atom. The van der Waals surface area contributed by atoms with Gasteiger partial charge in [-0.05, 0) is 43.5 Å². The molecule has 10 heteroatoms. The minimum atomic E-state index is -0.401. The average Bonchev–Trinajstić information content (AvgIpc) is 2.78. The lowest BCUT2D eigenvalue weighted by molar-refractivity contribution is 0.0819. The van der Waals surface area contributed by atoms with E-state index in [-0.39, 0.29) is 24.8 Å². The molecule has 3 N–H and O–H groups in total. The van der Waals surface area contributed by atoms with E-state index in [1.807, 2.05) is 19.9 Å². The third kappa shape index (κ3) is 5.77. The number of urea groups is 1. The zero-order valence-electron chi connectivity index (χ0n) is 17.7. The van der Waals surface area contributed by atoms with Crippen LogP contribution in [0.15, 0.2) is 24.4 Å². The third-order valence-corrected chi connectivity index (χ3v) is 6.04. The van der Waals surface area contributed by atoms with Crippen molar-refractivity contribution in [3.63, 3.8) is 0 Å². The van der Waals surface area contributed by atoms with Crippen LogP contribution in [0, 0.1) is 0 Å². The van der Waals surface area contributed by atoms with E-state index in [1.165, 1.54) is 0 Å². The summed E-state index contributed by atoms with van der Waals surface area (Å²) in [4.78, 5) is 23.6. The zero-order valence-corrected chi connectivity index (χ0v) is 19.2. The first-order chi connectivity index (χ1) is 14.8. The van der Waals surface area contributed by atoms with Gasteiger partial charge in [-0.25, -0.2) is 14.8 Å². The van der Waals surface area contributed by atoms with Crippen LogP contribution in [0.3, 0.4) is 0 Å². The van der Waals surface area contributed by atoms with E-state index >= 15 is 0 Å². The van der Waals surface area contributed by atoms with Gasteiger partial charge in [-0.3, -0.25) is 0 Å². The quantitative estimate of drug-likeness (QED) is 0.576. The Morgan fingerprint density at radius 3 is 2.77 bits per heavy atom. The highest BCUT2D eigenvalue weighted by Crippen LogP contribution is 2.28. The Kier molecular flexibility index (Phi) is 7.94. The maximum Gasteiger partial charge on any atom is 0.318 e. The number of carbonyl (C=O) groups excluding carboxylic acids is 1. The lowest BCUT2D eigenvalue weighted by Gasteiger charge is -2.32. The number of aliphatic hydroxyl groups is 1. The molecule has 1 aromatic heterocycles. The molecule has 0 fully saturated rings. The van der Waals surface area contributed by atoms with Crippen molar-refractivity contribution in [2.75, 3.05) is 25.6 Å². The zero-order chi connectivity index (χ0) is 22.5. The molecule has 3 rings (SSSR count). The molecule has 0 radical (unpaired) electrons. The van der Waals surface area contributed by atoms with Gasteiger partial charge >= 0.3 is 6.03 Å². The molecule has 0 bridgehead atoms. The molecular formula is C21H27Cl2N5O3. The number of hydrogen-bond donors (Lipinski definition) is 3. The summed E-state index contributed by atoms with van der Waals surface area (Å²) in [7, 11) is 1.59. The number of amides is 2. The molecular weight excluding hydrogens is 441 g/mol. The molecule has 2 heterocycles.